The topological polar surface area (TPSA) is 15.3 Å². The number of nitrogens with zero attached hydrogens (tertiary/aromatic N) is 1. The predicted octanol–water partition coefficient (Wildman–Crippen LogP) is 2.64. The highest BCUT2D eigenvalue weighted by Crippen LogP contribution is 2.19. The minimum absolute atomic E-state index is 0.832. The van der Waals surface area contributed by atoms with Gasteiger partial charge < -0.3 is 10.2 Å². The first-order valence-electron chi connectivity index (χ1n) is 7.34. The Morgan fingerprint density at radius 3 is 2.62 bits per heavy atom. The van der Waals surface area contributed by atoms with Crippen LogP contribution in [-0.4, -0.2) is 37.1 Å². The van der Waals surface area contributed by atoms with Crippen LogP contribution < -0.4 is 5.32 Å². The molecule has 2 fully saturated rings. The first kappa shape index (κ1) is 12.4. The van der Waals surface area contributed by atoms with E-state index in [1.165, 1.54) is 71.1 Å². The molecule has 1 saturated heterocycles. The minimum Gasteiger partial charge on any atom is -0.313 e. The zero-order valence-corrected chi connectivity index (χ0v) is 10.9. The summed E-state index contributed by atoms with van der Waals surface area (Å²) in [6.07, 6.45) is 9.97. The van der Waals surface area contributed by atoms with Gasteiger partial charge in [0.15, 0.2) is 0 Å². The van der Waals surface area contributed by atoms with Crippen LogP contribution in [0.5, 0.6) is 0 Å². The summed E-state index contributed by atoms with van der Waals surface area (Å²) < 4.78 is 0. The third-order valence-corrected chi connectivity index (χ3v) is 4.41. The van der Waals surface area contributed by atoms with Gasteiger partial charge in [-0.25, -0.2) is 0 Å². The zero-order valence-electron chi connectivity index (χ0n) is 10.9. The first-order chi connectivity index (χ1) is 7.88. The summed E-state index contributed by atoms with van der Waals surface area (Å²) in [5, 5.41) is 3.74. The number of likely N-dealkylation sites (tertiary alicyclic amines) is 1. The molecular weight excluding hydrogens is 196 g/mol. The largest absolute Gasteiger partial charge is 0.313 e. The Bertz CT molecular complexity index is 187. The summed E-state index contributed by atoms with van der Waals surface area (Å²) in [5.41, 5.74) is 0. The summed E-state index contributed by atoms with van der Waals surface area (Å²) >= 11 is 0. The van der Waals surface area contributed by atoms with E-state index in [1.807, 2.05) is 0 Å². The predicted molar refractivity (Wildman–Crippen MR) is 69.7 cm³/mol. The van der Waals surface area contributed by atoms with E-state index in [4.69, 9.17) is 0 Å². The highest BCUT2D eigenvalue weighted by molar-refractivity contribution is 4.77. The lowest BCUT2D eigenvalue weighted by molar-refractivity contribution is 0.298. The van der Waals surface area contributed by atoms with Gasteiger partial charge in [0, 0.05) is 25.7 Å². The van der Waals surface area contributed by atoms with Gasteiger partial charge in [-0.15, -0.1) is 0 Å². The van der Waals surface area contributed by atoms with Crippen LogP contribution in [0, 0.1) is 5.92 Å². The highest BCUT2D eigenvalue weighted by Gasteiger charge is 2.20. The lowest BCUT2D eigenvalue weighted by Gasteiger charge is -2.24. The van der Waals surface area contributed by atoms with Crippen LogP contribution >= 0.6 is 0 Å². The average molecular weight is 224 g/mol. The van der Waals surface area contributed by atoms with E-state index in [9.17, 15) is 0 Å². The molecule has 1 unspecified atom stereocenters. The van der Waals surface area contributed by atoms with Crippen molar-refractivity contribution in [2.75, 3.05) is 26.2 Å². The van der Waals surface area contributed by atoms with Crippen molar-refractivity contribution in [3.63, 3.8) is 0 Å². The average Bonchev–Trinajstić information content (AvgIpc) is 2.78. The maximum atomic E-state index is 3.74. The molecule has 1 atom stereocenters. The van der Waals surface area contributed by atoms with E-state index < -0.39 is 0 Å². The van der Waals surface area contributed by atoms with Crippen molar-refractivity contribution in [3.8, 4) is 0 Å². The Hall–Kier alpha value is -0.0800. The molecule has 2 rings (SSSR count). The molecule has 0 aromatic rings. The molecule has 2 nitrogen and oxygen atoms in total. The van der Waals surface area contributed by atoms with Gasteiger partial charge in [0.2, 0.25) is 0 Å². The summed E-state index contributed by atoms with van der Waals surface area (Å²) in [5.74, 6) is 0.981. The van der Waals surface area contributed by atoms with Gasteiger partial charge in [0.1, 0.15) is 0 Å². The summed E-state index contributed by atoms with van der Waals surface area (Å²) in [4.78, 5) is 2.64. The van der Waals surface area contributed by atoms with Crippen molar-refractivity contribution in [3.05, 3.63) is 0 Å². The van der Waals surface area contributed by atoms with E-state index >= 15 is 0 Å². The van der Waals surface area contributed by atoms with Crippen LogP contribution in [0.2, 0.25) is 0 Å². The number of hydrogen-bond acceptors (Lipinski definition) is 2. The molecule has 0 aromatic heterocycles. The fourth-order valence-electron chi connectivity index (χ4n) is 3.18. The van der Waals surface area contributed by atoms with Crippen molar-refractivity contribution < 1.29 is 0 Å². The zero-order chi connectivity index (χ0) is 11.2. The lowest BCUT2D eigenvalue weighted by Crippen LogP contribution is -2.37. The van der Waals surface area contributed by atoms with Gasteiger partial charge in [-0.3, -0.25) is 0 Å². The molecule has 94 valence electrons. The Labute approximate surface area is 101 Å². The van der Waals surface area contributed by atoms with Gasteiger partial charge in [0.05, 0.1) is 0 Å². The van der Waals surface area contributed by atoms with Crippen LogP contribution in [0.1, 0.15) is 51.9 Å². The fraction of sp³-hybridized carbons (Fsp3) is 1.00. The maximum Gasteiger partial charge on any atom is 0.0107 e. The summed E-state index contributed by atoms with van der Waals surface area (Å²) in [6, 6.07) is 0.832. The van der Waals surface area contributed by atoms with Crippen LogP contribution in [0.3, 0.4) is 0 Å². The normalized spacial score (nSPS) is 28.7. The Balaban J connectivity index is 1.54. The first-order valence-corrected chi connectivity index (χ1v) is 7.34. The van der Waals surface area contributed by atoms with Crippen molar-refractivity contribution >= 4 is 0 Å². The van der Waals surface area contributed by atoms with Crippen LogP contribution in [0.15, 0.2) is 0 Å². The second-order valence-electron chi connectivity index (χ2n) is 5.65. The standard InChI is InChI=1S/C14H28N2/c1-2-13-8-10-16(12-13)11-9-15-14-6-4-3-5-7-14/h13-15H,2-12H2,1H3. The molecule has 2 aliphatic rings. The number of nitrogens with one attached hydrogen (secondary N) is 1. The van der Waals surface area contributed by atoms with E-state index in [0.29, 0.717) is 0 Å². The van der Waals surface area contributed by atoms with Crippen molar-refractivity contribution in [2.45, 2.75) is 57.9 Å². The van der Waals surface area contributed by atoms with Crippen LogP contribution in [-0.2, 0) is 0 Å². The third-order valence-electron chi connectivity index (χ3n) is 4.41. The van der Waals surface area contributed by atoms with Crippen LogP contribution in [0.25, 0.3) is 0 Å². The maximum absolute atomic E-state index is 3.74. The molecule has 0 amide bonds. The third kappa shape index (κ3) is 3.74. The van der Waals surface area contributed by atoms with Gasteiger partial charge in [0.25, 0.3) is 0 Å². The Kier molecular flexibility index (Phi) is 5.11. The molecule has 1 aliphatic carbocycles. The van der Waals surface area contributed by atoms with Crippen molar-refractivity contribution in [1.82, 2.24) is 10.2 Å². The summed E-state index contributed by atoms with van der Waals surface area (Å²) in [6.45, 7) is 7.50. The Morgan fingerprint density at radius 1 is 1.12 bits per heavy atom. The molecule has 1 N–H and O–H groups in total. The van der Waals surface area contributed by atoms with Gasteiger partial charge in [-0.2, -0.15) is 0 Å². The molecule has 0 aromatic carbocycles. The molecule has 1 saturated carbocycles. The molecule has 0 radical (unpaired) electrons. The molecule has 2 heteroatoms. The monoisotopic (exact) mass is 224 g/mol. The molecule has 1 heterocycles. The fourth-order valence-corrected chi connectivity index (χ4v) is 3.18. The molecule has 1 aliphatic heterocycles. The molecule has 0 bridgehead atoms. The van der Waals surface area contributed by atoms with Gasteiger partial charge >= 0.3 is 0 Å². The molecular formula is C14H28N2. The SMILES string of the molecule is CCC1CCN(CCNC2CCCCC2)C1. The molecule has 0 spiro atoms. The van der Waals surface area contributed by atoms with Crippen LogP contribution in [0.4, 0.5) is 0 Å². The Morgan fingerprint density at radius 2 is 1.94 bits per heavy atom. The minimum atomic E-state index is 0.832. The molecule has 16 heavy (non-hydrogen) atoms. The quantitative estimate of drug-likeness (QED) is 0.772. The van der Waals surface area contributed by atoms with E-state index in [1.54, 1.807) is 0 Å². The second-order valence-corrected chi connectivity index (χ2v) is 5.65. The van der Waals surface area contributed by atoms with Gasteiger partial charge in [-0.05, 0) is 31.7 Å². The number of hydrogen-bond donors (Lipinski definition) is 1. The van der Waals surface area contributed by atoms with E-state index in [-0.39, 0.29) is 0 Å². The van der Waals surface area contributed by atoms with E-state index in [2.05, 4.69) is 17.1 Å². The summed E-state index contributed by atoms with van der Waals surface area (Å²) in [7, 11) is 0. The highest BCUT2D eigenvalue weighted by atomic mass is 15.2. The second kappa shape index (κ2) is 6.61. The number of rotatable bonds is 5. The smallest absolute Gasteiger partial charge is 0.0107 e. The lowest BCUT2D eigenvalue weighted by atomic mass is 9.95. The van der Waals surface area contributed by atoms with Gasteiger partial charge in [-0.1, -0.05) is 32.6 Å². The van der Waals surface area contributed by atoms with Crippen molar-refractivity contribution in [2.24, 2.45) is 5.92 Å². The van der Waals surface area contributed by atoms with E-state index in [0.717, 1.165) is 12.0 Å². The van der Waals surface area contributed by atoms with Crippen molar-refractivity contribution in [1.29, 1.82) is 0 Å².